The zero-order valence-electron chi connectivity index (χ0n) is 17.1. The number of hydrogen-bond acceptors (Lipinski definition) is 5. The number of primary amides is 1. The lowest BCUT2D eigenvalue weighted by atomic mass is 9.95. The van der Waals surface area contributed by atoms with Gasteiger partial charge >= 0.3 is 0 Å². The summed E-state index contributed by atoms with van der Waals surface area (Å²) < 4.78 is 32.1. The molecule has 1 heterocycles. The van der Waals surface area contributed by atoms with Gasteiger partial charge in [0.15, 0.2) is 5.96 Å². The standard InChI is InChI=1S/C19H31N5O4S/c1-21-19(24-9-4-6-16(14-24)12-18(20)25)22-13-15-5-3-7-17(11-15)29(26,27)23-8-10-28-2/h3,5,7,11,16,23H,4,6,8-10,12-14H2,1-2H3,(H2,20,25)(H,21,22). The minimum atomic E-state index is -3.58. The summed E-state index contributed by atoms with van der Waals surface area (Å²) in [6.07, 6.45) is 2.33. The SMILES string of the molecule is CN=C(NCc1cccc(S(=O)(=O)NCCOC)c1)N1CCCC(CC(N)=O)C1. The molecule has 2 rings (SSSR count). The van der Waals surface area contributed by atoms with Gasteiger partial charge in [0.25, 0.3) is 0 Å². The van der Waals surface area contributed by atoms with Crippen molar-refractivity contribution in [3.05, 3.63) is 29.8 Å². The predicted molar refractivity (Wildman–Crippen MR) is 112 cm³/mol. The average Bonchev–Trinajstić information content (AvgIpc) is 2.69. The van der Waals surface area contributed by atoms with E-state index < -0.39 is 10.0 Å². The minimum absolute atomic E-state index is 0.211. The Morgan fingerprint density at radius 1 is 1.41 bits per heavy atom. The van der Waals surface area contributed by atoms with Gasteiger partial charge < -0.3 is 20.7 Å². The Morgan fingerprint density at radius 3 is 2.90 bits per heavy atom. The number of rotatable bonds is 9. The molecule has 0 bridgehead atoms. The van der Waals surface area contributed by atoms with Crippen LogP contribution in [0, 0.1) is 5.92 Å². The molecule has 0 spiro atoms. The quantitative estimate of drug-likeness (QED) is 0.296. The summed E-state index contributed by atoms with van der Waals surface area (Å²) in [5.74, 6) is 0.675. The number of carbonyl (C=O) groups excluding carboxylic acids is 1. The fourth-order valence-corrected chi connectivity index (χ4v) is 4.49. The van der Waals surface area contributed by atoms with Gasteiger partial charge in [0.1, 0.15) is 0 Å². The van der Waals surface area contributed by atoms with E-state index in [4.69, 9.17) is 10.5 Å². The van der Waals surface area contributed by atoms with E-state index in [2.05, 4.69) is 19.9 Å². The summed E-state index contributed by atoms with van der Waals surface area (Å²) in [5.41, 5.74) is 6.16. The Balaban J connectivity index is 1.98. The molecule has 4 N–H and O–H groups in total. The van der Waals surface area contributed by atoms with Crippen molar-refractivity contribution in [2.24, 2.45) is 16.6 Å². The highest BCUT2D eigenvalue weighted by Gasteiger charge is 2.23. The Morgan fingerprint density at radius 2 is 2.21 bits per heavy atom. The number of methoxy groups -OCH3 is 1. The number of nitrogens with zero attached hydrogens (tertiary/aromatic N) is 2. The Bertz CT molecular complexity index is 813. The zero-order valence-corrected chi connectivity index (χ0v) is 17.9. The molecule has 1 aromatic carbocycles. The van der Waals surface area contributed by atoms with Crippen molar-refractivity contribution in [2.75, 3.05) is 40.4 Å². The number of benzene rings is 1. The molecule has 1 unspecified atom stereocenters. The number of likely N-dealkylation sites (tertiary alicyclic amines) is 1. The minimum Gasteiger partial charge on any atom is -0.383 e. The van der Waals surface area contributed by atoms with E-state index in [0.717, 1.165) is 37.5 Å². The van der Waals surface area contributed by atoms with Crippen molar-refractivity contribution in [2.45, 2.75) is 30.7 Å². The third kappa shape index (κ3) is 7.30. The molecule has 1 aliphatic rings. The smallest absolute Gasteiger partial charge is 0.240 e. The van der Waals surface area contributed by atoms with E-state index in [0.29, 0.717) is 19.6 Å². The van der Waals surface area contributed by atoms with Crippen molar-refractivity contribution >= 4 is 21.9 Å². The van der Waals surface area contributed by atoms with Crippen molar-refractivity contribution < 1.29 is 17.9 Å². The van der Waals surface area contributed by atoms with E-state index in [1.807, 2.05) is 6.07 Å². The Kier molecular flexibility index (Phi) is 8.87. The normalized spacial score (nSPS) is 17.9. The van der Waals surface area contributed by atoms with Crippen molar-refractivity contribution in [3.63, 3.8) is 0 Å². The van der Waals surface area contributed by atoms with Gasteiger partial charge in [0.05, 0.1) is 11.5 Å². The first-order valence-corrected chi connectivity index (χ1v) is 11.2. The van der Waals surface area contributed by atoms with Crippen LogP contribution in [0.1, 0.15) is 24.8 Å². The van der Waals surface area contributed by atoms with Gasteiger partial charge in [-0.3, -0.25) is 9.79 Å². The van der Waals surface area contributed by atoms with Crippen LogP contribution in [0.2, 0.25) is 0 Å². The van der Waals surface area contributed by atoms with Crippen LogP contribution in [-0.4, -0.2) is 65.6 Å². The fraction of sp³-hybridized carbons (Fsp3) is 0.579. The van der Waals surface area contributed by atoms with Crippen LogP contribution < -0.4 is 15.8 Å². The summed E-state index contributed by atoms with van der Waals surface area (Å²) in [6, 6.07) is 6.78. The van der Waals surface area contributed by atoms with Gasteiger partial charge in [-0.2, -0.15) is 0 Å². The van der Waals surface area contributed by atoms with Crippen LogP contribution in [0.3, 0.4) is 0 Å². The van der Waals surface area contributed by atoms with Crippen molar-refractivity contribution in [3.8, 4) is 0 Å². The topological polar surface area (TPSA) is 126 Å². The molecule has 1 amide bonds. The van der Waals surface area contributed by atoms with Crippen LogP contribution in [0.4, 0.5) is 0 Å². The van der Waals surface area contributed by atoms with E-state index in [1.54, 1.807) is 25.2 Å². The van der Waals surface area contributed by atoms with Gasteiger partial charge in [-0.1, -0.05) is 12.1 Å². The first-order valence-electron chi connectivity index (χ1n) is 9.67. The van der Waals surface area contributed by atoms with Gasteiger partial charge in [0, 0.05) is 46.8 Å². The van der Waals surface area contributed by atoms with E-state index in [1.165, 1.54) is 7.11 Å². The first kappa shape index (κ1) is 23.1. The number of guanidine groups is 1. The van der Waals surface area contributed by atoms with Crippen molar-refractivity contribution in [1.29, 1.82) is 0 Å². The van der Waals surface area contributed by atoms with Crippen LogP contribution in [-0.2, 0) is 26.1 Å². The predicted octanol–water partition coefficient (Wildman–Crippen LogP) is 0.274. The number of ether oxygens (including phenoxy) is 1. The van der Waals surface area contributed by atoms with Crippen LogP contribution in [0.15, 0.2) is 34.2 Å². The molecule has 0 radical (unpaired) electrons. The highest BCUT2D eigenvalue weighted by molar-refractivity contribution is 7.89. The molecule has 0 aromatic heterocycles. The number of hydrogen-bond donors (Lipinski definition) is 3. The molecule has 9 nitrogen and oxygen atoms in total. The summed E-state index contributed by atoms with van der Waals surface area (Å²) >= 11 is 0. The molecule has 1 aromatic rings. The van der Waals surface area contributed by atoms with Gasteiger partial charge in [-0.25, -0.2) is 13.1 Å². The number of nitrogens with one attached hydrogen (secondary N) is 2. The van der Waals surface area contributed by atoms with Gasteiger partial charge in [-0.15, -0.1) is 0 Å². The summed E-state index contributed by atoms with van der Waals surface area (Å²) in [4.78, 5) is 17.9. The molecule has 0 aliphatic carbocycles. The van der Waals surface area contributed by atoms with Crippen LogP contribution >= 0.6 is 0 Å². The first-order chi connectivity index (χ1) is 13.9. The Hall–Kier alpha value is -2.17. The third-order valence-corrected chi connectivity index (χ3v) is 6.24. The van der Waals surface area contributed by atoms with Crippen LogP contribution in [0.5, 0.6) is 0 Å². The van der Waals surface area contributed by atoms with E-state index >= 15 is 0 Å². The van der Waals surface area contributed by atoms with Gasteiger partial charge in [-0.05, 0) is 36.5 Å². The summed E-state index contributed by atoms with van der Waals surface area (Å²) in [5, 5.41) is 3.28. The molecular weight excluding hydrogens is 394 g/mol. The van der Waals surface area contributed by atoms with E-state index in [-0.39, 0.29) is 23.3 Å². The second-order valence-electron chi connectivity index (χ2n) is 7.06. The number of aliphatic imine (C=N–C) groups is 1. The molecule has 29 heavy (non-hydrogen) atoms. The fourth-order valence-electron chi connectivity index (χ4n) is 3.41. The Labute approximate surface area is 172 Å². The van der Waals surface area contributed by atoms with E-state index in [9.17, 15) is 13.2 Å². The lowest BCUT2D eigenvalue weighted by Gasteiger charge is -2.34. The molecule has 1 atom stereocenters. The second-order valence-corrected chi connectivity index (χ2v) is 8.83. The lowest BCUT2D eigenvalue weighted by Crippen LogP contribution is -2.46. The average molecular weight is 426 g/mol. The molecule has 1 saturated heterocycles. The highest BCUT2D eigenvalue weighted by Crippen LogP contribution is 2.19. The van der Waals surface area contributed by atoms with Gasteiger partial charge in [0.2, 0.25) is 15.9 Å². The summed E-state index contributed by atoms with van der Waals surface area (Å²) in [6.45, 7) is 2.54. The number of nitrogens with two attached hydrogens (primary N) is 1. The molecule has 162 valence electrons. The molecule has 0 saturated carbocycles. The largest absolute Gasteiger partial charge is 0.383 e. The maximum atomic E-state index is 12.4. The molecular formula is C19H31N5O4S. The zero-order chi connectivity index (χ0) is 21.3. The third-order valence-electron chi connectivity index (χ3n) is 4.78. The number of piperidine rings is 1. The molecule has 10 heteroatoms. The number of amides is 1. The van der Waals surface area contributed by atoms with Crippen molar-refractivity contribution in [1.82, 2.24) is 14.9 Å². The maximum absolute atomic E-state index is 12.4. The lowest BCUT2D eigenvalue weighted by molar-refractivity contribution is -0.119. The summed E-state index contributed by atoms with van der Waals surface area (Å²) in [7, 11) is -0.352. The maximum Gasteiger partial charge on any atom is 0.240 e. The molecule has 1 aliphatic heterocycles. The number of sulfonamides is 1. The number of carbonyl (C=O) groups is 1. The molecule has 1 fully saturated rings. The monoisotopic (exact) mass is 425 g/mol. The van der Waals surface area contributed by atoms with Crippen LogP contribution in [0.25, 0.3) is 0 Å². The highest BCUT2D eigenvalue weighted by atomic mass is 32.2. The second kappa shape index (κ2) is 11.1.